The van der Waals surface area contributed by atoms with Crippen LogP contribution in [0.1, 0.15) is 84.0 Å². The number of amides is 1. The van der Waals surface area contributed by atoms with Gasteiger partial charge in [-0.25, -0.2) is 0 Å². The quantitative estimate of drug-likeness (QED) is 0.349. The van der Waals surface area contributed by atoms with E-state index in [4.69, 9.17) is 0 Å². The minimum Gasteiger partial charge on any atom is -0.343 e. The van der Waals surface area contributed by atoms with Gasteiger partial charge in [0.1, 0.15) is 0 Å². The van der Waals surface area contributed by atoms with Crippen LogP contribution in [0.25, 0.3) is 0 Å². The lowest BCUT2D eigenvalue weighted by atomic mass is 10.1. The van der Waals surface area contributed by atoms with Crippen LogP contribution in [0.4, 0.5) is 0 Å². The molecular formula is C19H38N2O. The first-order valence-electron chi connectivity index (χ1n) is 9.78. The molecule has 1 aliphatic rings. The SMILES string of the molecule is CCCCCCCCCCCCCCN1CCN(C=O)CC1. The van der Waals surface area contributed by atoms with E-state index in [1.54, 1.807) is 0 Å². The Morgan fingerprint density at radius 2 is 1.14 bits per heavy atom. The van der Waals surface area contributed by atoms with Crippen molar-refractivity contribution in [3.05, 3.63) is 0 Å². The van der Waals surface area contributed by atoms with Crippen LogP contribution in [-0.2, 0) is 4.79 Å². The maximum absolute atomic E-state index is 10.6. The molecule has 1 saturated heterocycles. The van der Waals surface area contributed by atoms with E-state index in [0.29, 0.717) is 0 Å². The molecule has 1 fully saturated rings. The summed E-state index contributed by atoms with van der Waals surface area (Å²) < 4.78 is 0. The zero-order valence-corrected chi connectivity index (χ0v) is 14.9. The van der Waals surface area contributed by atoms with Crippen molar-refractivity contribution >= 4 is 6.41 Å². The first-order valence-corrected chi connectivity index (χ1v) is 9.78. The van der Waals surface area contributed by atoms with Crippen molar-refractivity contribution < 1.29 is 4.79 Å². The number of nitrogens with zero attached hydrogens (tertiary/aromatic N) is 2. The fourth-order valence-electron chi connectivity index (χ4n) is 3.27. The second kappa shape index (κ2) is 14.0. The monoisotopic (exact) mass is 310 g/mol. The van der Waals surface area contributed by atoms with Gasteiger partial charge >= 0.3 is 0 Å². The standard InChI is InChI=1S/C19H38N2O/c1-2-3-4-5-6-7-8-9-10-11-12-13-14-20-15-17-21(19-22)18-16-20/h19H,2-18H2,1H3. The molecule has 0 N–H and O–H groups in total. The van der Waals surface area contributed by atoms with Crippen molar-refractivity contribution in [3.8, 4) is 0 Å². The fraction of sp³-hybridized carbons (Fsp3) is 0.947. The maximum Gasteiger partial charge on any atom is 0.209 e. The zero-order chi connectivity index (χ0) is 15.9. The first kappa shape index (κ1) is 19.5. The van der Waals surface area contributed by atoms with Gasteiger partial charge in [0, 0.05) is 26.2 Å². The van der Waals surface area contributed by atoms with Crippen LogP contribution in [0.3, 0.4) is 0 Å². The van der Waals surface area contributed by atoms with Gasteiger partial charge in [-0.15, -0.1) is 0 Å². The molecule has 22 heavy (non-hydrogen) atoms. The van der Waals surface area contributed by atoms with Crippen LogP contribution in [0.15, 0.2) is 0 Å². The summed E-state index contributed by atoms with van der Waals surface area (Å²) in [7, 11) is 0. The van der Waals surface area contributed by atoms with E-state index in [1.165, 1.54) is 83.6 Å². The van der Waals surface area contributed by atoms with Crippen LogP contribution >= 0.6 is 0 Å². The molecule has 0 unspecified atom stereocenters. The molecule has 1 aliphatic heterocycles. The molecular weight excluding hydrogens is 272 g/mol. The summed E-state index contributed by atoms with van der Waals surface area (Å²) in [5, 5.41) is 0. The average Bonchev–Trinajstić information content (AvgIpc) is 2.56. The second-order valence-electron chi connectivity index (χ2n) is 6.87. The number of piperazine rings is 1. The van der Waals surface area contributed by atoms with Gasteiger partial charge in [0.15, 0.2) is 0 Å². The lowest BCUT2D eigenvalue weighted by molar-refractivity contribution is -0.119. The number of hydrogen-bond acceptors (Lipinski definition) is 2. The molecule has 0 atom stereocenters. The molecule has 0 aliphatic carbocycles. The van der Waals surface area contributed by atoms with E-state index in [2.05, 4.69) is 11.8 Å². The van der Waals surface area contributed by atoms with Gasteiger partial charge in [-0.3, -0.25) is 9.69 Å². The highest BCUT2D eigenvalue weighted by molar-refractivity contribution is 5.47. The number of unbranched alkanes of at least 4 members (excludes halogenated alkanes) is 11. The van der Waals surface area contributed by atoms with Crippen molar-refractivity contribution in [1.29, 1.82) is 0 Å². The summed E-state index contributed by atoms with van der Waals surface area (Å²) in [5.74, 6) is 0. The predicted molar refractivity (Wildman–Crippen MR) is 95.2 cm³/mol. The molecule has 0 saturated carbocycles. The van der Waals surface area contributed by atoms with Gasteiger partial charge < -0.3 is 4.90 Å². The lowest BCUT2D eigenvalue weighted by Gasteiger charge is -2.32. The Bertz CT molecular complexity index is 250. The third kappa shape index (κ3) is 10.2. The summed E-state index contributed by atoms with van der Waals surface area (Å²) in [6.07, 6.45) is 18.0. The van der Waals surface area contributed by atoms with E-state index in [-0.39, 0.29) is 0 Å². The minimum atomic E-state index is 0.918. The van der Waals surface area contributed by atoms with Gasteiger partial charge in [0.05, 0.1) is 0 Å². The van der Waals surface area contributed by atoms with Crippen molar-refractivity contribution in [2.24, 2.45) is 0 Å². The van der Waals surface area contributed by atoms with Crippen molar-refractivity contribution in [2.75, 3.05) is 32.7 Å². The van der Waals surface area contributed by atoms with Crippen molar-refractivity contribution in [3.63, 3.8) is 0 Å². The summed E-state index contributed by atoms with van der Waals surface area (Å²) >= 11 is 0. The highest BCUT2D eigenvalue weighted by Crippen LogP contribution is 2.12. The molecule has 3 heteroatoms. The molecule has 0 spiro atoms. The molecule has 1 heterocycles. The van der Waals surface area contributed by atoms with E-state index < -0.39 is 0 Å². The molecule has 1 rings (SSSR count). The first-order chi connectivity index (χ1) is 10.9. The van der Waals surface area contributed by atoms with E-state index >= 15 is 0 Å². The fourth-order valence-corrected chi connectivity index (χ4v) is 3.27. The molecule has 0 bridgehead atoms. The van der Waals surface area contributed by atoms with Crippen molar-refractivity contribution in [2.45, 2.75) is 84.0 Å². The van der Waals surface area contributed by atoms with Crippen LogP contribution < -0.4 is 0 Å². The van der Waals surface area contributed by atoms with Crippen LogP contribution in [0.5, 0.6) is 0 Å². The predicted octanol–water partition coefficient (Wildman–Crippen LogP) is 4.46. The Hall–Kier alpha value is -0.570. The van der Waals surface area contributed by atoms with Gasteiger partial charge in [-0.1, -0.05) is 77.6 Å². The average molecular weight is 311 g/mol. The molecule has 0 aromatic heterocycles. The lowest BCUT2D eigenvalue weighted by Crippen LogP contribution is -2.45. The Balaban J connectivity index is 1.76. The van der Waals surface area contributed by atoms with Crippen LogP contribution in [0, 0.1) is 0 Å². The Kier molecular flexibility index (Phi) is 12.4. The summed E-state index contributed by atoms with van der Waals surface area (Å²) in [6.45, 7) is 7.48. The number of hydrogen-bond donors (Lipinski definition) is 0. The second-order valence-corrected chi connectivity index (χ2v) is 6.87. The van der Waals surface area contributed by atoms with Gasteiger partial charge in [-0.2, -0.15) is 0 Å². The maximum atomic E-state index is 10.6. The topological polar surface area (TPSA) is 23.6 Å². The van der Waals surface area contributed by atoms with E-state index in [0.717, 1.165) is 32.6 Å². The van der Waals surface area contributed by atoms with Gasteiger partial charge in [0.25, 0.3) is 0 Å². The van der Waals surface area contributed by atoms with Crippen molar-refractivity contribution in [1.82, 2.24) is 9.80 Å². The largest absolute Gasteiger partial charge is 0.343 e. The number of carbonyl (C=O) groups excluding carboxylic acids is 1. The van der Waals surface area contributed by atoms with Gasteiger partial charge in [0.2, 0.25) is 6.41 Å². The van der Waals surface area contributed by atoms with E-state index in [9.17, 15) is 4.79 Å². The normalized spacial score (nSPS) is 16.1. The Labute approximate surface area is 138 Å². The molecule has 0 aromatic carbocycles. The minimum absolute atomic E-state index is 0.918. The summed E-state index contributed by atoms with van der Waals surface area (Å²) in [4.78, 5) is 15.0. The third-order valence-electron chi connectivity index (χ3n) is 4.88. The zero-order valence-electron chi connectivity index (χ0n) is 14.9. The van der Waals surface area contributed by atoms with Crippen LogP contribution in [0.2, 0.25) is 0 Å². The van der Waals surface area contributed by atoms with Crippen LogP contribution in [-0.4, -0.2) is 48.9 Å². The molecule has 0 aromatic rings. The number of carbonyl (C=O) groups is 1. The summed E-state index contributed by atoms with van der Waals surface area (Å²) in [6, 6.07) is 0. The smallest absolute Gasteiger partial charge is 0.209 e. The summed E-state index contributed by atoms with van der Waals surface area (Å²) in [5.41, 5.74) is 0. The van der Waals surface area contributed by atoms with Gasteiger partial charge in [-0.05, 0) is 13.0 Å². The Morgan fingerprint density at radius 1 is 0.682 bits per heavy atom. The number of rotatable bonds is 14. The third-order valence-corrected chi connectivity index (χ3v) is 4.88. The highest BCUT2D eigenvalue weighted by Gasteiger charge is 2.14. The highest BCUT2D eigenvalue weighted by atomic mass is 16.1. The van der Waals surface area contributed by atoms with E-state index in [1.807, 2.05) is 4.90 Å². The molecule has 0 radical (unpaired) electrons. The molecule has 1 amide bonds. The molecule has 3 nitrogen and oxygen atoms in total. The molecule has 130 valence electrons. The Morgan fingerprint density at radius 3 is 1.59 bits per heavy atom.